The number of aromatic nitrogens is 1. The Balaban J connectivity index is 1.39. The van der Waals surface area contributed by atoms with E-state index >= 15 is 0 Å². The highest BCUT2D eigenvalue weighted by molar-refractivity contribution is 7.88. The summed E-state index contributed by atoms with van der Waals surface area (Å²) >= 11 is 0. The fourth-order valence-electron chi connectivity index (χ4n) is 3.46. The molecule has 0 spiro atoms. The van der Waals surface area contributed by atoms with Gasteiger partial charge in [0.2, 0.25) is 10.0 Å². The van der Waals surface area contributed by atoms with E-state index < -0.39 is 10.0 Å². The SMILES string of the molecule is O=S(=O)(Cc1ccc(F)cc1)N1CCC(Oc2cccc3cccnc23)CC1. The van der Waals surface area contributed by atoms with E-state index in [9.17, 15) is 12.8 Å². The van der Waals surface area contributed by atoms with Crippen LogP contribution in [-0.4, -0.2) is 36.9 Å². The topological polar surface area (TPSA) is 59.5 Å². The summed E-state index contributed by atoms with van der Waals surface area (Å²) in [5, 5.41) is 1.01. The van der Waals surface area contributed by atoms with Crippen LogP contribution < -0.4 is 4.74 Å². The molecule has 4 rings (SSSR count). The number of hydrogen-bond donors (Lipinski definition) is 0. The van der Waals surface area contributed by atoms with E-state index in [2.05, 4.69) is 4.98 Å². The minimum Gasteiger partial charge on any atom is -0.488 e. The van der Waals surface area contributed by atoms with Crippen molar-refractivity contribution in [3.63, 3.8) is 0 Å². The van der Waals surface area contributed by atoms with Gasteiger partial charge in [-0.2, -0.15) is 0 Å². The maximum atomic E-state index is 13.0. The van der Waals surface area contributed by atoms with E-state index in [1.807, 2.05) is 30.3 Å². The van der Waals surface area contributed by atoms with Crippen molar-refractivity contribution in [1.82, 2.24) is 9.29 Å². The Kier molecular flexibility index (Phi) is 5.28. The predicted octanol–water partition coefficient (Wildman–Crippen LogP) is 3.75. The normalized spacial score (nSPS) is 16.3. The highest BCUT2D eigenvalue weighted by Gasteiger charge is 2.29. The van der Waals surface area contributed by atoms with Crippen LogP contribution in [0.4, 0.5) is 4.39 Å². The van der Waals surface area contributed by atoms with Crippen molar-refractivity contribution in [2.45, 2.75) is 24.7 Å². The van der Waals surface area contributed by atoms with Crippen molar-refractivity contribution >= 4 is 20.9 Å². The second-order valence-electron chi connectivity index (χ2n) is 6.93. The van der Waals surface area contributed by atoms with Gasteiger partial charge in [0.1, 0.15) is 23.2 Å². The Labute approximate surface area is 163 Å². The quantitative estimate of drug-likeness (QED) is 0.655. The average molecular weight is 400 g/mol. The molecule has 0 atom stereocenters. The summed E-state index contributed by atoms with van der Waals surface area (Å²) in [4.78, 5) is 4.40. The number of para-hydroxylation sites is 1. The van der Waals surface area contributed by atoms with E-state index in [1.165, 1.54) is 28.6 Å². The van der Waals surface area contributed by atoms with E-state index in [4.69, 9.17) is 4.74 Å². The summed E-state index contributed by atoms with van der Waals surface area (Å²) in [6.07, 6.45) is 2.92. The Morgan fingerprint density at radius 2 is 1.75 bits per heavy atom. The summed E-state index contributed by atoms with van der Waals surface area (Å²) in [5.74, 6) is 0.235. The van der Waals surface area contributed by atoms with Crippen molar-refractivity contribution in [2.24, 2.45) is 0 Å². The van der Waals surface area contributed by atoms with Crippen molar-refractivity contribution < 1.29 is 17.5 Å². The zero-order valence-corrected chi connectivity index (χ0v) is 16.1. The number of rotatable bonds is 5. The summed E-state index contributed by atoms with van der Waals surface area (Å²) in [6, 6.07) is 15.3. The first-order chi connectivity index (χ1) is 13.5. The van der Waals surface area contributed by atoms with Gasteiger partial charge in [0.05, 0.1) is 5.75 Å². The Morgan fingerprint density at radius 3 is 2.50 bits per heavy atom. The lowest BCUT2D eigenvalue weighted by Gasteiger charge is -2.31. The van der Waals surface area contributed by atoms with E-state index in [-0.39, 0.29) is 17.7 Å². The van der Waals surface area contributed by atoms with Crippen LogP contribution in [0.25, 0.3) is 10.9 Å². The molecule has 2 aromatic carbocycles. The highest BCUT2D eigenvalue weighted by atomic mass is 32.2. The number of nitrogens with zero attached hydrogens (tertiary/aromatic N) is 2. The largest absolute Gasteiger partial charge is 0.488 e. The maximum absolute atomic E-state index is 13.0. The molecule has 7 heteroatoms. The third-order valence-electron chi connectivity index (χ3n) is 4.95. The number of benzene rings is 2. The number of halogens is 1. The van der Waals surface area contributed by atoms with Crippen LogP contribution in [0.1, 0.15) is 18.4 Å². The standard InChI is InChI=1S/C21H21FN2O3S/c22-18-8-6-16(7-9-18)15-28(25,26)24-13-10-19(11-14-24)27-20-5-1-3-17-4-2-12-23-21(17)20/h1-9,12,19H,10-11,13-15H2. The molecule has 0 aliphatic carbocycles. The van der Waals surface area contributed by atoms with Gasteiger partial charge in [-0.1, -0.05) is 30.3 Å². The van der Waals surface area contributed by atoms with Crippen molar-refractivity contribution in [3.8, 4) is 5.75 Å². The average Bonchev–Trinajstić information content (AvgIpc) is 2.70. The van der Waals surface area contributed by atoms with E-state index in [0.717, 1.165) is 16.7 Å². The van der Waals surface area contributed by atoms with E-state index in [0.29, 0.717) is 31.5 Å². The third-order valence-corrected chi connectivity index (χ3v) is 6.80. The molecule has 1 fully saturated rings. The lowest BCUT2D eigenvalue weighted by molar-refractivity contribution is 0.136. The first kappa shape index (κ1) is 18.8. The van der Waals surface area contributed by atoms with Crippen LogP contribution in [0.15, 0.2) is 60.8 Å². The molecule has 0 unspecified atom stereocenters. The summed E-state index contributed by atoms with van der Waals surface area (Å²) in [5.41, 5.74) is 1.40. The monoisotopic (exact) mass is 400 g/mol. The van der Waals surface area contributed by atoms with Gasteiger partial charge in [-0.25, -0.2) is 17.1 Å². The fraction of sp³-hybridized carbons (Fsp3) is 0.286. The molecule has 0 saturated carbocycles. The minimum atomic E-state index is -3.44. The van der Waals surface area contributed by atoms with Crippen molar-refractivity contribution in [3.05, 3.63) is 72.2 Å². The second kappa shape index (κ2) is 7.85. The number of sulfonamides is 1. The maximum Gasteiger partial charge on any atom is 0.218 e. The summed E-state index contributed by atoms with van der Waals surface area (Å²) in [7, 11) is -3.44. The van der Waals surface area contributed by atoms with Gasteiger partial charge < -0.3 is 4.74 Å². The zero-order valence-electron chi connectivity index (χ0n) is 15.3. The molecule has 0 N–H and O–H groups in total. The molecule has 5 nitrogen and oxygen atoms in total. The molecule has 1 aromatic heterocycles. The van der Waals surface area contributed by atoms with Gasteiger partial charge in [-0.3, -0.25) is 4.98 Å². The Morgan fingerprint density at radius 1 is 1.04 bits per heavy atom. The van der Waals surface area contributed by atoms with Gasteiger partial charge in [0.15, 0.2) is 0 Å². The van der Waals surface area contributed by atoms with Crippen molar-refractivity contribution in [2.75, 3.05) is 13.1 Å². The Hall–Kier alpha value is -2.51. The van der Waals surface area contributed by atoms with Gasteiger partial charge in [-0.15, -0.1) is 0 Å². The first-order valence-electron chi connectivity index (χ1n) is 9.24. The number of hydrogen-bond acceptors (Lipinski definition) is 4. The molecular weight excluding hydrogens is 379 g/mol. The predicted molar refractivity (Wildman–Crippen MR) is 106 cm³/mol. The van der Waals surface area contributed by atoms with Crippen LogP contribution in [0.2, 0.25) is 0 Å². The molecule has 146 valence electrons. The van der Waals surface area contributed by atoms with Gasteiger partial charge >= 0.3 is 0 Å². The lowest BCUT2D eigenvalue weighted by Crippen LogP contribution is -2.42. The third kappa shape index (κ3) is 4.15. The number of fused-ring (bicyclic) bond motifs is 1. The van der Waals surface area contributed by atoms with E-state index in [1.54, 1.807) is 6.20 Å². The lowest BCUT2D eigenvalue weighted by atomic mass is 10.1. The Bertz CT molecular complexity index is 1060. The van der Waals surface area contributed by atoms with Crippen LogP contribution >= 0.6 is 0 Å². The van der Waals surface area contributed by atoms with Crippen LogP contribution in [0.3, 0.4) is 0 Å². The van der Waals surface area contributed by atoms with Crippen LogP contribution in [-0.2, 0) is 15.8 Å². The molecule has 1 saturated heterocycles. The molecule has 28 heavy (non-hydrogen) atoms. The zero-order chi connectivity index (χ0) is 19.6. The smallest absolute Gasteiger partial charge is 0.218 e. The molecule has 0 bridgehead atoms. The van der Waals surface area contributed by atoms with Crippen molar-refractivity contribution in [1.29, 1.82) is 0 Å². The summed E-state index contributed by atoms with van der Waals surface area (Å²) in [6.45, 7) is 0.818. The molecule has 3 aromatic rings. The molecule has 1 aliphatic rings. The second-order valence-corrected chi connectivity index (χ2v) is 8.90. The highest BCUT2D eigenvalue weighted by Crippen LogP contribution is 2.27. The molecule has 1 aliphatic heterocycles. The van der Waals surface area contributed by atoms with Crippen LogP contribution in [0.5, 0.6) is 5.75 Å². The molecule has 0 amide bonds. The van der Waals surface area contributed by atoms with Gasteiger partial charge in [0, 0.05) is 24.7 Å². The van der Waals surface area contributed by atoms with Crippen LogP contribution in [0, 0.1) is 5.82 Å². The first-order valence-corrected chi connectivity index (χ1v) is 10.8. The van der Waals surface area contributed by atoms with Gasteiger partial charge in [0.25, 0.3) is 0 Å². The summed E-state index contributed by atoms with van der Waals surface area (Å²) < 4.78 is 46.0. The molecular formula is C21H21FN2O3S. The molecule has 0 radical (unpaired) electrons. The molecule has 2 heterocycles. The number of pyridine rings is 1. The number of piperidine rings is 1. The minimum absolute atomic E-state index is 0.0510. The fourth-order valence-corrected chi connectivity index (χ4v) is 5.02. The number of ether oxygens (including phenoxy) is 1. The van der Waals surface area contributed by atoms with Gasteiger partial charge in [-0.05, 0) is 42.7 Å².